The number of benzene rings is 2. The van der Waals surface area contributed by atoms with E-state index >= 15 is 0 Å². The summed E-state index contributed by atoms with van der Waals surface area (Å²) in [6, 6.07) is 15.1. The van der Waals surface area contributed by atoms with Crippen molar-refractivity contribution in [2.75, 3.05) is 14.1 Å². The van der Waals surface area contributed by atoms with Crippen LogP contribution < -0.4 is 0 Å². The molecule has 0 radical (unpaired) electrons. The molecule has 1 aliphatic heterocycles. The summed E-state index contributed by atoms with van der Waals surface area (Å²) < 4.78 is 0.936. The van der Waals surface area contributed by atoms with Gasteiger partial charge in [0.2, 0.25) is 5.91 Å². The number of piperazine rings is 1. The Kier molecular flexibility index (Phi) is 4.81. The number of aromatic amines is 1. The van der Waals surface area contributed by atoms with E-state index < -0.39 is 6.04 Å². The van der Waals surface area contributed by atoms with Gasteiger partial charge in [-0.1, -0.05) is 52.3 Å². The van der Waals surface area contributed by atoms with E-state index in [4.69, 9.17) is 0 Å². The Balaban J connectivity index is 1.69. The number of likely N-dealkylation sites (N-methyl/N-ethyl adjacent to an activating group) is 2. The van der Waals surface area contributed by atoms with Crippen molar-refractivity contribution in [3.63, 3.8) is 0 Å². The summed E-state index contributed by atoms with van der Waals surface area (Å²) in [6.45, 7) is 0. The predicted molar refractivity (Wildman–Crippen MR) is 113 cm³/mol. The highest BCUT2D eigenvalue weighted by Gasteiger charge is 2.39. The summed E-state index contributed by atoms with van der Waals surface area (Å²) in [4.78, 5) is 32.3. The van der Waals surface area contributed by atoms with Crippen LogP contribution in [0.25, 0.3) is 17.0 Å². The largest absolute Gasteiger partial charge is 0.361 e. The van der Waals surface area contributed by atoms with Crippen LogP contribution in [-0.4, -0.2) is 46.7 Å². The van der Waals surface area contributed by atoms with Gasteiger partial charge in [0.15, 0.2) is 0 Å². The van der Waals surface area contributed by atoms with Gasteiger partial charge in [-0.05, 0) is 23.8 Å². The van der Waals surface area contributed by atoms with E-state index in [-0.39, 0.29) is 11.8 Å². The second-order valence-corrected chi connectivity index (χ2v) is 7.81. The van der Waals surface area contributed by atoms with Gasteiger partial charge in [0.1, 0.15) is 11.7 Å². The molecule has 28 heavy (non-hydrogen) atoms. The average Bonchev–Trinajstić information content (AvgIpc) is 3.12. The SMILES string of the molecule is CN1C(=O)C(Cc2ccccc2)N(C)C(=O)C1=Cc1c[nH]c2cccc(Br)c12. The molecule has 0 aliphatic carbocycles. The van der Waals surface area contributed by atoms with E-state index in [1.54, 1.807) is 25.1 Å². The Morgan fingerprint density at radius 3 is 2.57 bits per heavy atom. The minimum absolute atomic E-state index is 0.0869. The van der Waals surface area contributed by atoms with Crippen LogP contribution in [-0.2, 0) is 16.0 Å². The Morgan fingerprint density at radius 1 is 1.07 bits per heavy atom. The van der Waals surface area contributed by atoms with Crippen molar-refractivity contribution >= 4 is 44.7 Å². The second-order valence-electron chi connectivity index (χ2n) is 6.95. The molecule has 0 bridgehead atoms. The first-order valence-electron chi connectivity index (χ1n) is 9.03. The summed E-state index contributed by atoms with van der Waals surface area (Å²) in [6.07, 6.45) is 4.13. The molecule has 1 N–H and O–H groups in total. The Labute approximate surface area is 171 Å². The first-order chi connectivity index (χ1) is 13.5. The van der Waals surface area contributed by atoms with Gasteiger partial charge < -0.3 is 14.8 Å². The van der Waals surface area contributed by atoms with Crippen LogP contribution in [0.1, 0.15) is 11.1 Å². The molecule has 3 aromatic rings. The fraction of sp³-hybridized carbons (Fsp3) is 0.182. The fourth-order valence-electron chi connectivity index (χ4n) is 3.62. The molecule has 0 saturated carbocycles. The molecule has 0 spiro atoms. The van der Waals surface area contributed by atoms with Gasteiger partial charge in [-0.25, -0.2) is 0 Å². The zero-order valence-corrected chi connectivity index (χ0v) is 17.2. The predicted octanol–water partition coefficient (Wildman–Crippen LogP) is 3.81. The average molecular weight is 438 g/mol. The van der Waals surface area contributed by atoms with Crippen molar-refractivity contribution in [2.45, 2.75) is 12.5 Å². The standard InChI is InChI=1S/C22H20BrN3O2/c1-25-18(11-14-7-4-3-5-8-14)21(27)26(2)19(22(25)28)12-15-13-24-17-10-6-9-16(23)20(15)17/h3-10,12-13,18,24H,11H2,1-2H3. The minimum Gasteiger partial charge on any atom is -0.361 e. The van der Waals surface area contributed by atoms with Crippen molar-refractivity contribution in [1.82, 2.24) is 14.8 Å². The van der Waals surface area contributed by atoms with Crippen LogP contribution in [0.4, 0.5) is 0 Å². The van der Waals surface area contributed by atoms with Crippen molar-refractivity contribution in [1.29, 1.82) is 0 Å². The number of carbonyl (C=O) groups excluding carboxylic acids is 2. The van der Waals surface area contributed by atoms with E-state index in [1.165, 1.54) is 4.90 Å². The molecule has 4 rings (SSSR count). The highest BCUT2D eigenvalue weighted by atomic mass is 79.9. The molecule has 1 aliphatic rings. The Morgan fingerprint density at radius 2 is 1.82 bits per heavy atom. The van der Waals surface area contributed by atoms with Gasteiger partial charge in [-0.3, -0.25) is 9.59 Å². The lowest BCUT2D eigenvalue weighted by Gasteiger charge is -2.38. The summed E-state index contributed by atoms with van der Waals surface area (Å²) >= 11 is 3.57. The van der Waals surface area contributed by atoms with Gasteiger partial charge in [-0.15, -0.1) is 0 Å². The molecule has 1 atom stereocenters. The number of hydrogen-bond donors (Lipinski definition) is 1. The van der Waals surface area contributed by atoms with Gasteiger partial charge in [0.05, 0.1) is 0 Å². The van der Waals surface area contributed by atoms with Crippen LogP contribution >= 0.6 is 15.9 Å². The molecule has 1 saturated heterocycles. The quantitative estimate of drug-likeness (QED) is 0.633. The van der Waals surface area contributed by atoms with Crippen molar-refractivity contribution in [3.05, 3.63) is 76.0 Å². The molecule has 1 unspecified atom stereocenters. The monoisotopic (exact) mass is 437 g/mol. The van der Waals surface area contributed by atoms with Gasteiger partial charge >= 0.3 is 0 Å². The smallest absolute Gasteiger partial charge is 0.271 e. The number of amides is 2. The minimum atomic E-state index is -0.508. The van der Waals surface area contributed by atoms with Gasteiger partial charge in [-0.2, -0.15) is 0 Å². The number of rotatable bonds is 3. The fourth-order valence-corrected chi connectivity index (χ4v) is 4.22. The molecule has 142 valence electrons. The normalized spacial score (nSPS) is 19.1. The van der Waals surface area contributed by atoms with E-state index in [0.29, 0.717) is 12.1 Å². The third kappa shape index (κ3) is 3.14. The highest BCUT2D eigenvalue weighted by molar-refractivity contribution is 9.10. The van der Waals surface area contributed by atoms with Gasteiger partial charge in [0.25, 0.3) is 5.91 Å². The number of hydrogen-bond acceptors (Lipinski definition) is 2. The van der Waals surface area contributed by atoms with Crippen LogP contribution in [0.5, 0.6) is 0 Å². The lowest BCUT2D eigenvalue weighted by molar-refractivity contribution is -0.148. The van der Waals surface area contributed by atoms with Crippen LogP contribution in [0, 0.1) is 0 Å². The molecule has 2 heterocycles. The maximum Gasteiger partial charge on any atom is 0.271 e. The third-order valence-electron chi connectivity index (χ3n) is 5.23. The maximum absolute atomic E-state index is 13.1. The lowest BCUT2D eigenvalue weighted by atomic mass is 10.00. The highest BCUT2D eigenvalue weighted by Crippen LogP contribution is 2.30. The maximum atomic E-state index is 13.1. The van der Waals surface area contributed by atoms with E-state index in [1.807, 2.05) is 54.7 Å². The summed E-state index contributed by atoms with van der Waals surface area (Å²) in [5.41, 5.74) is 3.23. The molecule has 2 aromatic carbocycles. The van der Waals surface area contributed by atoms with Crippen molar-refractivity contribution in [2.24, 2.45) is 0 Å². The van der Waals surface area contributed by atoms with Gasteiger partial charge in [0, 0.05) is 47.7 Å². The molecular weight excluding hydrogens is 418 g/mol. The van der Waals surface area contributed by atoms with E-state index in [9.17, 15) is 9.59 Å². The molecule has 2 amide bonds. The molecular formula is C22H20BrN3O2. The van der Waals surface area contributed by atoms with Crippen LogP contribution in [0.2, 0.25) is 0 Å². The Hall–Kier alpha value is -2.86. The summed E-state index contributed by atoms with van der Waals surface area (Å²) in [7, 11) is 3.36. The molecule has 1 fully saturated rings. The Bertz CT molecular complexity index is 1090. The van der Waals surface area contributed by atoms with E-state index in [0.717, 1.165) is 26.5 Å². The third-order valence-corrected chi connectivity index (χ3v) is 5.89. The van der Waals surface area contributed by atoms with Crippen LogP contribution in [0.15, 0.2) is 64.9 Å². The summed E-state index contributed by atoms with van der Waals surface area (Å²) in [5, 5.41) is 0.984. The van der Waals surface area contributed by atoms with Crippen molar-refractivity contribution < 1.29 is 9.59 Å². The van der Waals surface area contributed by atoms with Crippen LogP contribution in [0.3, 0.4) is 0 Å². The van der Waals surface area contributed by atoms with E-state index in [2.05, 4.69) is 20.9 Å². The zero-order chi connectivity index (χ0) is 19.8. The number of nitrogens with zero attached hydrogens (tertiary/aromatic N) is 2. The topological polar surface area (TPSA) is 56.4 Å². The number of halogens is 1. The molecule has 1 aromatic heterocycles. The summed E-state index contributed by atoms with van der Waals surface area (Å²) in [5.74, 6) is -0.249. The first kappa shape index (κ1) is 18.5. The zero-order valence-electron chi connectivity index (χ0n) is 15.6. The molecule has 5 nitrogen and oxygen atoms in total. The number of nitrogens with one attached hydrogen (secondary N) is 1. The first-order valence-corrected chi connectivity index (χ1v) is 9.82. The number of aromatic nitrogens is 1. The molecule has 6 heteroatoms. The number of fused-ring (bicyclic) bond motifs is 1. The second kappa shape index (κ2) is 7.28. The lowest BCUT2D eigenvalue weighted by Crippen LogP contribution is -2.56. The number of H-pyrrole nitrogens is 1. The number of carbonyl (C=O) groups is 2. The van der Waals surface area contributed by atoms with Crippen molar-refractivity contribution in [3.8, 4) is 0 Å².